The number of thiophene rings is 2. The Balaban J connectivity index is 1.80. The lowest BCUT2D eigenvalue weighted by Crippen LogP contribution is -1.94. The van der Waals surface area contributed by atoms with E-state index in [4.69, 9.17) is 9.05 Å². The molecule has 17 heavy (non-hydrogen) atoms. The van der Waals surface area contributed by atoms with Gasteiger partial charge in [0.1, 0.15) is 0 Å². The molecule has 0 aliphatic carbocycles. The fourth-order valence-corrected chi connectivity index (χ4v) is 3.20. The standard InChI is InChI=1S/C10H11O4PS2/c11-15(12,13-7-9-3-1-5-16-9)14-8-10-4-2-6-17-10/h1-6H,7-8H2,(H,11,12). The predicted octanol–water partition coefficient (Wildman–Crippen LogP) is 3.64. The number of phosphoric acid groups is 1. The van der Waals surface area contributed by atoms with Crippen LogP contribution in [0.25, 0.3) is 0 Å². The van der Waals surface area contributed by atoms with Crippen LogP contribution in [0.1, 0.15) is 9.75 Å². The molecule has 2 heterocycles. The van der Waals surface area contributed by atoms with Crippen LogP contribution < -0.4 is 0 Å². The first-order chi connectivity index (χ1) is 8.16. The lowest BCUT2D eigenvalue weighted by molar-refractivity contribution is 0.139. The zero-order valence-electron chi connectivity index (χ0n) is 8.81. The highest BCUT2D eigenvalue weighted by atomic mass is 32.1. The lowest BCUT2D eigenvalue weighted by Gasteiger charge is -2.10. The molecule has 0 radical (unpaired) electrons. The molecule has 0 bridgehead atoms. The van der Waals surface area contributed by atoms with Crippen molar-refractivity contribution >= 4 is 30.5 Å². The van der Waals surface area contributed by atoms with E-state index in [9.17, 15) is 9.46 Å². The first-order valence-corrected chi connectivity index (χ1v) is 8.08. The summed E-state index contributed by atoms with van der Waals surface area (Å²) in [5, 5.41) is 3.76. The van der Waals surface area contributed by atoms with Crippen LogP contribution >= 0.6 is 30.5 Å². The Morgan fingerprint density at radius 2 is 1.53 bits per heavy atom. The molecule has 0 spiro atoms. The van der Waals surface area contributed by atoms with Crippen molar-refractivity contribution in [3.8, 4) is 0 Å². The molecule has 92 valence electrons. The summed E-state index contributed by atoms with van der Waals surface area (Å²) in [6.07, 6.45) is 0. The van der Waals surface area contributed by atoms with E-state index in [1.54, 1.807) is 0 Å². The van der Waals surface area contributed by atoms with Gasteiger partial charge in [-0.05, 0) is 22.9 Å². The van der Waals surface area contributed by atoms with Crippen molar-refractivity contribution in [1.29, 1.82) is 0 Å². The molecule has 0 aliphatic heterocycles. The van der Waals surface area contributed by atoms with Crippen molar-refractivity contribution in [3.05, 3.63) is 44.8 Å². The van der Waals surface area contributed by atoms with Gasteiger partial charge in [0.15, 0.2) is 0 Å². The van der Waals surface area contributed by atoms with Crippen LogP contribution in [0.3, 0.4) is 0 Å². The van der Waals surface area contributed by atoms with Crippen LogP contribution in [0.2, 0.25) is 0 Å². The van der Waals surface area contributed by atoms with Gasteiger partial charge in [0, 0.05) is 9.75 Å². The third-order valence-corrected chi connectivity index (χ3v) is 4.51. The average molecular weight is 290 g/mol. The van der Waals surface area contributed by atoms with Crippen molar-refractivity contribution in [1.82, 2.24) is 0 Å². The Morgan fingerprint density at radius 1 is 1.06 bits per heavy atom. The molecule has 1 N–H and O–H groups in total. The molecule has 2 rings (SSSR count). The first kappa shape index (κ1) is 13.0. The molecule has 0 aliphatic rings. The van der Waals surface area contributed by atoms with Gasteiger partial charge in [-0.2, -0.15) is 0 Å². The van der Waals surface area contributed by atoms with E-state index in [1.807, 2.05) is 35.0 Å². The van der Waals surface area contributed by atoms with Crippen molar-refractivity contribution < 1.29 is 18.5 Å². The maximum Gasteiger partial charge on any atom is 0.472 e. The minimum absolute atomic E-state index is 0.0931. The third kappa shape index (κ3) is 4.35. The first-order valence-electron chi connectivity index (χ1n) is 4.82. The molecule has 0 saturated carbocycles. The Kier molecular flexibility index (Phi) is 4.50. The maximum absolute atomic E-state index is 11.5. The summed E-state index contributed by atoms with van der Waals surface area (Å²) in [6, 6.07) is 7.39. The van der Waals surface area contributed by atoms with E-state index in [2.05, 4.69) is 0 Å². The molecular formula is C10H11O4PS2. The number of rotatable bonds is 6. The van der Waals surface area contributed by atoms with E-state index in [0.29, 0.717) is 0 Å². The summed E-state index contributed by atoms with van der Waals surface area (Å²) >= 11 is 2.94. The van der Waals surface area contributed by atoms with Crippen LogP contribution in [0.4, 0.5) is 0 Å². The summed E-state index contributed by atoms with van der Waals surface area (Å²) in [6.45, 7) is 0.186. The highest BCUT2D eigenvalue weighted by Crippen LogP contribution is 2.45. The summed E-state index contributed by atoms with van der Waals surface area (Å²) in [5.41, 5.74) is 0. The van der Waals surface area contributed by atoms with Crippen molar-refractivity contribution in [2.75, 3.05) is 0 Å². The highest BCUT2D eigenvalue weighted by Gasteiger charge is 2.21. The van der Waals surface area contributed by atoms with E-state index < -0.39 is 7.82 Å². The SMILES string of the molecule is O=P(O)(OCc1cccs1)OCc1cccs1. The summed E-state index contributed by atoms with van der Waals surface area (Å²) in [7, 11) is -3.96. The predicted molar refractivity (Wildman–Crippen MR) is 68.0 cm³/mol. The Morgan fingerprint density at radius 3 is 1.88 bits per heavy atom. The summed E-state index contributed by atoms with van der Waals surface area (Å²) < 4.78 is 21.3. The van der Waals surface area contributed by atoms with E-state index in [1.165, 1.54) is 22.7 Å². The van der Waals surface area contributed by atoms with Gasteiger partial charge in [0.2, 0.25) is 0 Å². The second-order valence-corrected chi connectivity index (χ2v) is 6.69. The molecule has 2 aromatic rings. The van der Waals surface area contributed by atoms with Crippen LogP contribution in [0, 0.1) is 0 Å². The van der Waals surface area contributed by atoms with Gasteiger partial charge < -0.3 is 4.89 Å². The van der Waals surface area contributed by atoms with Gasteiger partial charge in [-0.3, -0.25) is 9.05 Å². The molecule has 0 fully saturated rings. The average Bonchev–Trinajstić information content (AvgIpc) is 2.97. The Hall–Kier alpha value is -0.490. The van der Waals surface area contributed by atoms with Crippen LogP contribution in [-0.4, -0.2) is 4.89 Å². The van der Waals surface area contributed by atoms with Gasteiger partial charge >= 0.3 is 7.82 Å². The number of phosphoric ester groups is 1. The molecular weight excluding hydrogens is 279 g/mol. The fraction of sp³-hybridized carbons (Fsp3) is 0.200. The number of hydrogen-bond acceptors (Lipinski definition) is 5. The highest BCUT2D eigenvalue weighted by molar-refractivity contribution is 7.47. The van der Waals surface area contributed by atoms with Crippen molar-refractivity contribution in [2.45, 2.75) is 13.2 Å². The molecule has 7 heteroatoms. The van der Waals surface area contributed by atoms with Crippen LogP contribution in [-0.2, 0) is 26.8 Å². The lowest BCUT2D eigenvalue weighted by atomic mass is 10.5. The normalized spacial score (nSPS) is 11.8. The van der Waals surface area contributed by atoms with E-state index >= 15 is 0 Å². The zero-order valence-corrected chi connectivity index (χ0v) is 11.3. The number of hydrogen-bond donors (Lipinski definition) is 1. The Bertz CT molecular complexity index is 438. The van der Waals surface area contributed by atoms with Gasteiger partial charge in [-0.15, -0.1) is 22.7 Å². The van der Waals surface area contributed by atoms with Gasteiger partial charge in [-0.1, -0.05) is 12.1 Å². The molecule has 2 aromatic heterocycles. The monoisotopic (exact) mass is 290 g/mol. The van der Waals surface area contributed by atoms with Crippen LogP contribution in [0.15, 0.2) is 35.0 Å². The Labute approximate surface area is 107 Å². The molecule has 0 amide bonds. The largest absolute Gasteiger partial charge is 0.472 e. The van der Waals surface area contributed by atoms with E-state index in [-0.39, 0.29) is 13.2 Å². The molecule has 4 nitrogen and oxygen atoms in total. The molecule has 0 atom stereocenters. The second kappa shape index (κ2) is 5.91. The maximum atomic E-state index is 11.5. The van der Waals surface area contributed by atoms with Gasteiger partial charge in [0.05, 0.1) is 13.2 Å². The van der Waals surface area contributed by atoms with Crippen LogP contribution in [0.5, 0.6) is 0 Å². The smallest absolute Gasteiger partial charge is 0.302 e. The minimum Gasteiger partial charge on any atom is -0.302 e. The fourth-order valence-electron chi connectivity index (χ4n) is 1.12. The third-order valence-electron chi connectivity index (χ3n) is 1.90. The van der Waals surface area contributed by atoms with Crippen molar-refractivity contribution in [2.24, 2.45) is 0 Å². The topological polar surface area (TPSA) is 55.8 Å². The van der Waals surface area contributed by atoms with Gasteiger partial charge in [0.25, 0.3) is 0 Å². The van der Waals surface area contributed by atoms with Gasteiger partial charge in [-0.25, -0.2) is 4.57 Å². The van der Waals surface area contributed by atoms with Crippen molar-refractivity contribution in [3.63, 3.8) is 0 Å². The molecule has 0 saturated heterocycles. The molecule has 0 unspecified atom stereocenters. The van der Waals surface area contributed by atoms with E-state index in [0.717, 1.165) is 9.75 Å². The summed E-state index contributed by atoms with van der Waals surface area (Å²) in [5.74, 6) is 0. The zero-order chi connectivity index (χ0) is 12.1. The minimum atomic E-state index is -3.96. The quantitative estimate of drug-likeness (QED) is 0.825. The molecule has 0 aromatic carbocycles. The second-order valence-electron chi connectivity index (χ2n) is 3.17. The summed E-state index contributed by atoms with van der Waals surface area (Å²) in [4.78, 5) is 11.2.